The van der Waals surface area contributed by atoms with Crippen molar-refractivity contribution in [2.24, 2.45) is 5.92 Å². The lowest BCUT2D eigenvalue weighted by Crippen LogP contribution is -2.40. The van der Waals surface area contributed by atoms with E-state index in [1.165, 1.54) is 12.1 Å². The number of benzene rings is 1. The van der Waals surface area contributed by atoms with Crippen LogP contribution in [-0.4, -0.2) is 27.9 Å². The van der Waals surface area contributed by atoms with Gasteiger partial charge in [0.15, 0.2) is 0 Å². The highest BCUT2D eigenvalue weighted by molar-refractivity contribution is 6.31. The van der Waals surface area contributed by atoms with Crippen LogP contribution in [0.1, 0.15) is 29.6 Å². The number of hydrogen-bond acceptors (Lipinski definition) is 4. The van der Waals surface area contributed by atoms with E-state index in [9.17, 15) is 19.7 Å². The average molecular weight is 313 g/mol. The van der Waals surface area contributed by atoms with Crippen LogP contribution in [-0.2, 0) is 4.79 Å². The van der Waals surface area contributed by atoms with Gasteiger partial charge in [-0.3, -0.25) is 19.7 Å². The van der Waals surface area contributed by atoms with E-state index in [2.05, 4.69) is 5.32 Å². The number of nitrogens with zero attached hydrogens (tertiary/aromatic N) is 1. The molecule has 112 valence electrons. The van der Waals surface area contributed by atoms with Gasteiger partial charge in [0, 0.05) is 17.1 Å². The van der Waals surface area contributed by atoms with Gasteiger partial charge in [-0.1, -0.05) is 18.0 Å². The highest BCUT2D eigenvalue weighted by atomic mass is 35.5. The normalized spacial score (nSPS) is 21.0. The molecule has 0 radical (unpaired) electrons. The van der Waals surface area contributed by atoms with Crippen LogP contribution in [0.25, 0.3) is 0 Å². The van der Waals surface area contributed by atoms with Crippen molar-refractivity contribution in [2.45, 2.75) is 25.3 Å². The van der Waals surface area contributed by atoms with Crippen molar-refractivity contribution < 1.29 is 19.6 Å². The summed E-state index contributed by atoms with van der Waals surface area (Å²) < 4.78 is 0. The summed E-state index contributed by atoms with van der Waals surface area (Å²) in [5, 5.41) is 22.8. The molecule has 0 saturated heterocycles. The molecule has 0 aliphatic heterocycles. The van der Waals surface area contributed by atoms with E-state index < -0.39 is 34.4 Å². The van der Waals surface area contributed by atoms with E-state index >= 15 is 0 Å². The number of nitro groups is 1. The second-order valence-corrected chi connectivity index (χ2v) is 5.31. The molecule has 21 heavy (non-hydrogen) atoms. The Morgan fingerprint density at radius 3 is 2.71 bits per heavy atom. The molecule has 1 aliphatic rings. The van der Waals surface area contributed by atoms with E-state index in [0.717, 1.165) is 6.07 Å². The summed E-state index contributed by atoms with van der Waals surface area (Å²) in [7, 11) is 0. The molecule has 1 amide bonds. The molecule has 2 unspecified atom stereocenters. The molecule has 7 nitrogen and oxygen atoms in total. The van der Waals surface area contributed by atoms with Crippen LogP contribution in [0.3, 0.4) is 0 Å². The van der Waals surface area contributed by atoms with Gasteiger partial charge in [0.05, 0.1) is 10.8 Å². The smallest absolute Gasteiger partial charge is 0.308 e. The van der Waals surface area contributed by atoms with Gasteiger partial charge in [-0.2, -0.15) is 0 Å². The van der Waals surface area contributed by atoms with Crippen LogP contribution in [0, 0.1) is 16.0 Å². The van der Waals surface area contributed by atoms with Crippen LogP contribution in [0.4, 0.5) is 5.69 Å². The fourth-order valence-corrected chi connectivity index (χ4v) is 2.69. The Hall–Kier alpha value is -2.15. The molecule has 1 fully saturated rings. The van der Waals surface area contributed by atoms with Crippen molar-refractivity contribution in [1.29, 1.82) is 0 Å². The lowest BCUT2D eigenvalue weighted by atomic mass is 10.0. The van der Waals surface area contributed by atoms with Crippen molar-refractivity contribution in [3.8, 4) is 0 Å². The molecule has 8 heteroatoms. The van der Waals surface area contributed by atoms with Crippen LogP contribution >= 0.6 is 11.6 Å². The van der Waals surface area contributed by atoms with Gasteiger partial charge in [0.1, 0.15) is 5.56 Å². The molecule has 2 N–H and O–H groups in total. The molecule has 0 heterocycles. The number of amides is 1. The highest BCUT2D eigenvalue weighted by Crippen LogP contribution is 2.28. The quantitative estimate of drug-likeness (QED) is 0.654. The Balaban J connectivity index is 2.21. The fourth-order valence-electron chi connectivity index (χ4n) is 2.52. The maximum absolute atomic E-state index is 12.2. The maximum atomic E-state index is 12.2. The number of carbonyl (C=O) groups is 2. The Morgan fingerprint density at radius 2 is 2.10 bits per heavy atom. The van der Waals surface area contributed by atoms with E-state index in [0.29, 0.717) is 19.3 Å². The lowest BCUT2D eigenvalue weighted by Gasteiger charge is -2.17. The SMILES string of the molecule is O=C(NC1CCCC1C(=O)O)c1ccc(Cl)cc1[N+](=O)[O-]. The van der Waals surface area contributed by atoms with Gasteiger partial charge >= 0.3 is 5.97 Å². The van der Waals surface area contributed by atoms with Crippen molar-refractivity contribution in [3.63, 3.8) is 0 Å². The van der Waals surface area contributed by atoms with E-state index in [1.54, 1.807) is 0 Å². The van der Waals surface area contributed by atoms with Crippen LogP contribution in [0.2, 0.25) is 5.02 Å². The number of aliphatic carboxylic acids is 1. The highest BCUT2D eigenvalue weighted by Gasteiger charge is 2.35. The number of halogens is 1. The van der Waals surface area contributed by atoms with Crippen molar-refractivity contribution in [2.75, 3.05) is 0 Å². The van der Waals surface area contributed by atoms with E-state index in [1.807, 2.05) is 0 Å². The molecular weight excluding hydrogens is 300 g/mol. The summed E-state index contributed by atoms with van der Waals surface area (Å²) in [5.41, 5.74) is -0.523. The van der Waals surface area contributed by atoms with Gasteiger partial charge < -0.3 is 10.4 Å². The molecule has 1 aromatic carbocycles. The van der Waals surface area contributed by atoms with E-state index in [4.69, 9.17) is 16.7 Å². The Labute approximate surface area is 125 Å². The van der Waals surface area contributed by atoms with Crippen molar-refractivity contribution in [1.82, 2.24) is 5.32 Å². The first-order chi connectivity index (χ1) is 9.90. The monoisotopic (exact) mass is 312 g/mol. The van der Waals surface area contributed by atoms with Gasteiger partial charge in [-0.15, -0.1) is 0 Å². The zero-order chi connectivity index (χ0) is 15.6. The van der Waals surface area contributed by atoms with Crippen molar-refractivity contribution in [3.05, 3.63) is 38.9 Å². The first-order valence-corrected chi connectivity index (χ1v) is 6.75. The Kier molecular flexibility index (Phi) is 4.42. The molecule has 0 aromatic heterocycles. The number of rotatable bonds is 4. The third kappa shape index (κ3) is 3.30. The zero-order valence-electron chi connectivity index (χ0n) is 10.9. The minimum absolute atomic E-state index is 0.125. The summed E-state index contributed by atoms with van der Waals surface area (Å²) >= 11 is 5.69. The second kappa shape index (κ2) is 6.09. The first-order valence-electron chi connectivity index (χ1n) is 6.37. The average Bonchev–Trinajstić information content (AvgIpc) is 2.86. The molecule has 0 spiro atoms. The number of carboxylic acid groups (broad SMARTS) is 1. The lowest BCUT2D eigenvalue weighted by molar-refractivity contribution is -0.385. The summed E-state index contributed by atoms with van der Waals surface area (Å²) in [6, 6.07) is 3.23. The van der Waals surface area contributed by atoms with Gasteiger partial charge in [0.25, 0.3) is 11.6 Å². The summed E-state index contributed by atoms with van der Waals surface area (Å²) in [4.78, 5) is 33.5. The van der Waals surface area contributed by atoms with Crippen LogP contribution in [0.15, 0.2) is 18.2 Å². The fraction of sp³-hybridized carbons (Fsp3) is 0.385. The first kappa shape index (κ1) is 15.2. The number of carboxylic acids is 1. The van der Waals surface area contributed by atoms with Gasteiger partial charge in [-0.05, 0) is 25.0 Å². The molecule has 2 rings (SSSR count). The standard InChI is InChI=1S/C13H13ClN2O5/c14-7-4-5-9(11(6-7)16(20)21)12(17)15-10-3-1-2-8(10)13(18)19/h4-6,8,10H,1-3H2,(H,15,17)(H,18,19). The topological polar surface area (TPSA) is 110 Å². The van der Waals surface area contributed by atoms with Crippen LogP contribution in [0.5, 0.6) is 0 Å². The predicted octanol–water partition coefficient (Wildman–Crippen LogP) is 2.23. The Bertz CT molecular complexity index is 604. The number of nitrogens with one attached hydrogen (secondary N) is 1. The van der Waals surface area contributed by atoms with Gasteiger partial charge in [0.2, 0.25) is 0 Å². The largest absolute Gasteiger partial charge is 0.481 e. The third-order valence-corrected chi connectivity index (χ3v) is 3.79. The van der Waals surface area contributed by atoms with Crippen LogP contribution < -0.4 is 5.32 Å². The maximum Gasteiger partial charge on any atom is 0.308 e. The summed E-state index contributed by atoms with van der Waals surface area (Å²) in [6.07, 6.45) is 1.73. The summed E-state index contributed by atoms with van der Waals surface area (Å²) in [5.74, 6) is -2.28. The predicted molar refractivity (Wildman–Crippen MR) is 74.3 cm³/mol. The molecular formula is C13H13ClN2O5. The minimum Gasteiger partial charge on any atom is -0.481 e. The third-order valence-electron chi connectivity index (χ3n) is 3.55. The van der Waals surface area contributed by atoms with Crippen molar-refractivity contribution >= 4 is 29.2 Å². The van der Waals surface area contributed by atoms with E-state index in [-0.39, 0.29) is 10.6 Å². The number of carbonyl (C=O) groups excluding carboxylic acids is 1. The minimum atomic E-state index is -0.969. The summed E-state index contributed by atoms with van der Waals surface area (Å²) in [6.45, 7) is 0. The van der Waals surface area contributed by atoms with Gasteiger partial charge in [-0.25, -0.2) is 0 Å². The second-order valence-electron chi connectivity index (χ2n) is 4.87. The molecule has 1 saturated carbocycles. The molecule has 0 bridgehead atoms. The number of hydrogen-bond donors (Lipinski definition) is 2. The molecule has 2 atom stereocenters. The Morgan fingerprint density at radius 1 is 1.38 bits per heavy atom. The zero-order valence-corrected chi connectivity index (χ0v) is 11.7. The molecule has 1 aromatic rings. The number of nitro benzene ring substituents is 1. The molecule has 1 aliphatic carbocycles.